The standard InChI is InChI=1S/C17H19FN4S.HI/c1-2-20-17(21-8-7-15-4-3-9-23-15)22-12-14-10-13(11-19)5-6-16(14)18;/h3-6,9-10H,2,7-8,12H2,1H3,(H2,20,21,22);1H. The Bertz CT molecular complexity index is 695. The second kappa shape index (κ2) is 11.0. The van der Waals surface area contributed by atoms with Crippen LogP contribution >= 0.6 is 35.3 Å². The molecule has 1 heterocycles. The second-order valence-electron chi connectivity index (χ2n) is 4.87. The zero-order chi connectivity index (χ0) is 16.5. The number of nitriles is 1. The van der Waals surface area contributed by atoms with Crippen LogP contribution in [-0.4, -0.2) is 19.0 Å². The summed E-state index contributed by atoms with van der Waals surface area (Å²) < 4.78 is 13.8. The van der Waals surface area contributed by atoms with Crippen LogP contribution in [0.5, 0.6) is 0 Å². The van der Waals surface area contributed by atoms with Gasteiger partial charge in [-0.05, 0) is 43.0 Å². The van der Waals surface area contributed by atoms with Crippen molar-refractivity contribution in [3.63, 3.8) is 0 Å². The maximum absolute atomic E-state index is 13.8. The lowest BCUT2D eigenvalue weighted by molar-refractivity contribution is 0.610. The van der Waals surface area contributed by atoms with Crippen LogP contribution in [0.25, 0.3) is 0 Å². The molecule has 0 spiro atoms. The van der Waals surface area contributed by atoms with Gasteiger partial charge in [-0.2, -0.15) is 5.26 Å². The molecule has 1 aromatic heterocycles. The van der Waals surface area contributed by atoms with Gasteiger partial charge in [-0.1, -0.05) is 6.07 Å². The number of thiophene rings is 1. The van der Waals surface area contributed by atoms with Crippen molar-refractivity contribution in [3.05, 3.63) is 57.5 Å². The monoisotopic (exact) mass is 458 g/mol. The number of halogens is 2. The summed E-state index contributed by atoms with van der Waals surface area (Å²) in [4.78, 5) is 5.69. The molecule has 0 saturated heterocycles. The van der Waals surface area contributed by atoms with Crippen molar-refractivity contribution >= 4 is 41.3 Å². The highest BCUT2D eigenvalue weighted by molar-refractivity contribution is 14.0. The minimum Gasteiger partial charge on any atom is -0.357 e. The van der Waals surface area contributed by atoms with E-state index in [4.69, 9.17) is 5.26 Å². The van der Waals surface area contributed by atoms with Gasteiger partial charge in [0.15, 0.2) is 5.96 Å². The normalized spacial score (nSPS) is 10.6. The minimum atomic E-state index is -0.345. The van der Waals surface area contributed by atoms with Crippen LogP contribution in [0.15, 0.2) is 40.7 Å². The summed E-state index contributed by atoms with van der Waals surface area (Å²) in [7, 11) is 0. The first-order chi connectivity index (χ1) is 11.2. The maximum Gasteiger partial charge on any atom is 0.191 e. The van der Waals surface area contributed by atoms with Gasteiger partial charge < -0.3 is 10.6 Å². The summed E-state index contributed by atoms with van der Waals surface area (Å²) in [6.07, 6.45) is 0.917. The largest absolute Gasteiger partial charge is 0.357 e. The van der Waals surface area contributed by atoms with Crippen LogP contribution in [0.2, 0.25) is 0 Å². The fourth-order valence-electron chi connectivity index (χ4n) is 2.03. The topological polar surface area (TPSA) is 60.2 Å². The van der Waals surface area contributed by atoms with Crippen molar-refractivity contribution in [1.29, 1.82) is 5.26 Å². The average molecular weight is 458 g/mol. The van der Waals surface area contributed by atoms with Crippen molar-refractivity contribution in [2.75, 3.05) is 13.1 Å². The minimum absolute atomic E-state index is 0. The van der Waals surface area contributed by atoms with Gasteiger partial charge >= 0.3 is 0 Å². The van der Waals surface area contributed by atoms with E-state index >= 15 is 0 Å². The first-order valence-electron chi connectivity index (χ1n) is 7.46. The Kier molecular flexibility index (Phi) is 9.34. The number of benzene rings is 1. The van der Waals surface area contributed by atoms with Crippen molar-refractivity contribution in [3.8, 4) is 6.07 Å². The highest BCUT2D eigenvalue weighted by atomic mass is 127. The first-order valence-corrected chi connectivity index (χ1v) is 8.34. The van der Waals surface area contributed by atoms with Crippen LogP contribution in [-0.2, 0) is 13.0 Å². The molecule has 7 heteroatoms. The van der Waals surface area contributed by atoms with Crippen LogP contribution in [0, 0.1) is 17.1 Å². The third-order valence-electron chi connectivity index (χ3n) is 3.17. The molecule has 0 aliphatic rings. The lowest BCUT2D eigenvalue weighted by Gasteiger charge is -2.11. The summed E-state index contributed by atoms with van der Waals surface area (Å²) in [5.41, 5.74) is 0.853. The molecule has 0 amide bonds. The Morgan fingerprint density at radius 2 is 2.17 bits per heavy atom. The summed E-state index contributed by atoms with van der Waals surface area (Å²) >= 11 is 1.72. The highest BCUT2D eigenvalue weighted by Crippen LogP contribution is 2.11. The quantitative estimate of drug-likeness (QED) is 0.395. The molecule has 1 aromatic carbocycles. The van der Waals surface area contributed by atoms with Gasteiger partial charge in [0.1, 0.15) is 5.82 Å². The van der Waals surface area contributed by atoms with Crippen LogP contribution in [0.1, 0.15) is 22.9 Å². The zero-order valence-corrected chi connectivity index (χ0v) is 16.5. The Morgan fingerprint density at radius 1 is 1.33 bits per heavy atom. The molecule has 0 atom stereocenters. The van der Waals surface area contributed by atoms with Crippen LogP contribution in [0.4, 0.5) is 4.39 Å². The molecule has 4 nitrogen and oxygen atoms in total. The predicted octanol–water partition coefficient (Wildman–Crippen LogP) is 3.67. The van der Waals surface area contributed by atoms with E-state index in [0.717, 1.165) is 19.5 Å². The van der Waals surface area contributed by atoms with Gasteiger partial charge in [0.2, 0.25) is 0 Å². The number of guanidine groups is 1. The summed E-state index contributed by atoms with van der Waals surface area (Å²) in [5, 5.41) is 17.3. The lowest BCUT2D eigenvalue weighted by atomic mass is 10.1. The van der Waals surface area contributed by atoms with E-state index in [9.17, 15) is 4.39 Å². The molecule has 0 saturated carbocycles. The van der Waals surface area contributed by atoms with E-state index in [1.165, 1.54) is 23.1 Å². The van der Waals surface area contributed by atoms with E-state index in [2.05, 4.69) is 27.1 Å². The first kappa shape index (κ1) is 20.4. The average Bonchev–Trinajstić information content (AvgIpc) is 3.07. The number of aliphatic imine (C=N–C) groups is 1. The molecule has 0 aliphatic heterocycles. The van der Waals surface area contributed by atoms with Gasteiger partial charge in [-0.25, -0.2) is 9.38 Å². The summed E-state index contributed by atoms with van der Waals surface area (Å²) in [6.45, 7) is 3.65. The van der Waals surface area contributed by atoms with Crippen molar-refractivity contribution in [2.24, 2.45) is 4.99 Å². The number of nitrogens with one attached hydrogen (secondary N) is 2. The molecule has 2 rings (SSSR count). The third kappa shape index (κ3) is 6.45. The number of hydrogen-bond acceptors (Lipinski definition) is 3. The molecule has 0 unspecified atom stereocenters. The Balaban J connectivity index is 0.00000288. The lowest BCUT2D eigenvalue weighted by Crippen LogP contribution is -2.38. The van der Waals surface area contributed by atoms with E-state index in [1.54, 1.807) is 11.3 Å². The zero-order valence-electron chi connectivity index (χ0n) is 13.4. The van der Waals surface area contributed by atoms with Gasteiger partial charge in [-0.3, -0.25) is 0 Å². The van der Waals surface area contributed by atoms with E-state index in [0.29, 0.717) is 17.1 Å². The molecule has 24 heavy (non-hydrogen) atoms. The smallest absolute Gasteiger partial charge is 0.191 e. The fourth-order valence-corrected chi connectivity index (χ4v) is 2.74. The Hall–Kier alpha value is -1.66. The fraction of sp³-hybridized carbons (Fsp3) is 0.294. The molecular formula is C17H20FIN4S. The molecule has 0 fully saturated rings. The molecular weight excluding hydrogens is 438 g/mol. The number of nitrogens with zero attached hydrogens (tertiary/aromatic N) is 2. The molecule has 2 aromatic rings. The van der Waals surface area contributed by atoms with Crippen LogP contribution in [0.3, 0.4) is 0 Å². The van der Waals surface area contributed by atoms with Gasteiger partial charge in [-0.15, -0.1) is 35.3 Å². The Labute approximate surface area is 162 Å². The molecule has 128 valence electrons. The molecule has 0 aliphatic carbocycles. The number of hydrogen-bond donors (Lipinski definition) is 2. The van der Waals surface area contributed by atoms with Crippen molar-refractivity contribution in [2.45, 2.75) is 19.9 Å². The van der Waals surface area contributed by atoms with Crippen molar-refractivity contribution < 1.29 is 4.39 Å². The predicted molar refractivity (Wildman–Crippen MR) is 107 cm³/mol. The van der Waals surface area contributed by atoms with Gasteiger partial charge in [0.05, 0.1) is 18.2 Å². The third-order valence-corrected chi connectivity index (χ3v) is 4.11. The van der Waals surface area contributed by atoms with Gasteiger partial charge in [0, 0.05) is 23.5 Å². The summed E-state index contributed by atoms with van der Waals surface area (Å²) in [5.74, 6) is 0.299. The SMILES string of the molecule is CCNC(=NCc1cc(C#N)ccc1F)NCCc1cccs1.I. The highest BCUT2D eigenvalue weighted by Gasteiger charge is 2.04. The van der Waals surface area contributed by atoms with E-state index in [-0.39, 0.29) is 36.3 Å². The maximum atomic E-state index is 13.8. The molecule has 0 radical (unpaired) electrons. The van der Waals surface area contributed by atoms with E-state index < -0.39 is 0 Å². The van der Waals surface area contributed by atoms with E-state index in [1.807, 2.05) is 19.1 Å². The molecule has 2 N–H and O–H groups in total. The second-order valence-corrected chi connectivity index (χ2v) is 5.90. The summed E-state index contributed by atoms with van der Waals surface area (Å²) in [6, 6.07) is 10.4. The van der Waals surface area contributed by atoms with Gasteiger partial charge in [0.25, 0.3) is 0 Å². The molecule has 0 bridgehead atoms. The number of rotatable bonds is 6. The van der Waals surface area contributed by atoms with Crippen molar-refractivity contribution in [1.82, 2.24) is 10.6 Å². The van der Waals surface area contributed by atoms with Crippen LogP contribution < -0.4 is 10.6 Å². The Morgan fingerprint density at radius 3 is 2.83 bits per heavy atom.